The van der Waals surface area contributed by atoms with E-state index in [1.54, 1.807) is 43.3 Å². The van der Waals surface area contributed by atoms with Gasteiger partial charge in [0.05, 0.1) is 0 Å². The highest BCUT2D eigenvalue weighted by atomic mass is 16.5. The number of nitrogens with two attached hydrogens (primary N) is 1. The third kappa shape index (κ3) is 3.83. The molecule has 0 aliphatic carbocycles. The fourth-order valence-electron chi connectivity index (χ4n) is 2.19. The number of esters is 1. The zero-order chi connectivity index (χ0) is 18.5. The van der Waals surface area contributed by atoms with Crippen molar-refractivity contribution in [1.82, 2.24) is 15.1 Å². The number of anilines is 2. The molecule has 0 unspecified atom stereocenters. The van der Waals surface area contributed by atoms with Crippen LogP contribution in [-0.4, -0.2) is 27.0 Å². The van der Waals surface area contributed by atoms with E-state index in [4.69, 9.17) is 15.0 Å². The minimum atomic E-state index is -1.23. The van der Waals surface area contributed by atoms with E-state index in [1.165, 1.54) is 12.4 Å². The van der Waals surface area contributed by atoms with Gasteiger partial charge in [-0.3, -0.25) is 4.79 Å². The molecule has 9 heteroatoms. The molecule has 1 aromatic carbocycles. The topological polar surface area (TPSA) is 133 Å². The van der Waals surface area contributed by atoms with Crippen LogP contribution in [-0.2, 0) is 9.53 Å². The standard InChI is InChI=1S/C17H15N5O4/c1-10-9-12(22-26-10)21-16(23)14(11-5-3-2-4-6-11)25-17(24)13-15(18)20-8-7-19-13/h2-9,14H,1H3,(H2,18,20)(H,21,22,23)/t14-/m1/s1. The molecule has 1 atom stereocenters. The van der Waals surface area contributed by atoms with Crippen LogP contribution in [0, 0.1) is 6.92 Å². The number of benzene rings is 1. The average Bonchev–Trinajstić information content (AvgIpc) is 3.05. The molecule has 0 radical (unpaired) electrons. The normalized spacial score (nSPS) is 11.6. The fraction of sp³-hybridized carbons (Fsp3) is 0.118. The lowest BCUT2D eigenvalue weighted by Crippen LogP contribution is -2.26. The Morgan fingerprint density at radius 3 is 2.58 bits per heavy atom. The molecule has 1 amide bonds. The van der Waals surface area contributed by atoms with Crippen LogP contribution in [0.1, 0.15) is 27.9 Å². The van der Waals surface area contributed by atoms with E-state index < -0.39 is 18.0 Å². The van der Waals surface area contributed by atoms with Crippen molar-refractivity contribution in [2.75, 3.05) is 11.1 Å². The maximum Gasteiger partial charge on any atom is 0.361 e. The van der Waals surface area contributed by atoms with Gasteiger partial charge in [0.2, 0.25) is 6.10 Å². The first-order chi connectivity index (χ1) is 12.5. The van der Waals surface area contributed by atoms with Gasteiger partial charge in [-0.1, -0.05) is 35.5 Å². The number of rotatable bonds is 5. The number of nitrogens with zero attached hydrogens (tertiary/aromatic N) is 3. The number of aromatic nitrogens is 3. The van der Waals surface area contributed by atoms with Crippen molar-refractivity contribution in [3.63, 3.8) is 0 Å². The zero-order valence-electron chi connectivity index (χ0n) is 13.7. The van der Waals surface area contributed by atoms with Gasteiger partial charge in [-0.15, -0.1) is 0 Å². The molecule has 3 rings (SSSR count). The number of hydrogen-bond acceptors (Lipinski definition) is 8. The van der Waals surface area contributed by atoms with Crippen molar-refractivity contribution in [2.45, 2.75) is 13.0 Å². The molecule has 0 saturated carbocycles. The second-order valence-electron chi connectivity index (χ2n) is 5.30. The van der Waals surface area contributed by atoms with E-state index in [9.17, 15) is 9.59 Å². The number of ether oxygens (including phenoxy) is 1. The van der Waals surface area contributed by atoms with E-state index >= 15 is 0 Å². The molecule has 0 bridgehead atoms. The number of aryl methyl sites for hydroxylation is 1. The first-order valence-corrected chi connectivity index (χ1v) is 7.61. The van der Waals surface area contributed by atoms with E-state index in [1.807, 2.05) is 0 Å². The van der Waals surface area contributed by atoms with Crippen LogP contribution in [0.25, 0.3) is 0 Å². The summed E-state index contributed by atoms with van der Waals surface area (Å²) in [5.41, 5.74) is 5.95. The van der Waals surface area contributed by atoms with Gasteiger partial charge in [0.25, 0.3) is 5.91 Å². The van der Waals surface area contributed by atoms with E-state index in [0.29, 0.717) is 11.3 Å². The van der Waals surface area contributed by atoms with Crippen molar-refractivity contribution < 1.29 is 18.8 Å². The molecule has 26 heavy (non-hydrogen) atoms. The number of carbonyl (C=O) groups excluding carboxylic acids is 2. The van der Waals surface area contributed by atoms with Crippen molar-refractivity contribution >= 4 is 23.5 Å². The van der Waals surface area contributed by atoms with Crippen molar-refractivity contribution in [3.8, 4) is 0 Å². The van der Waals surface area contributed by atoms with Crippen LogP contribution in [0.3, 0.4) is 0 Å². The summed E-state index contributed by atoms with van der Waals surface area (Å²) in [5, 5.41) is 6.24. The molecule has 0 saturated heterocycles. The lowest BCUT2D eigenvalue weighted by Gasteiger charge is -2.17. The maximum atomic E-state index is 12.6. The summed E-state index contributed by atoms with van der Waals surface area (Å²) in [6.45, 7) is 1.69. The molecular formula is C17H15N5O4. The summed E-state index contributed by atoms with van der Waals surface area (Å²) in [5.74, 6) is -0.808. The van der Waals surface area contributed by atoms with Crippen LogP contribution in [0.15, 0.2) is 53.3 Å². The highest BCUT2D eigenvalue weighted by molar-refractivity contribution is 5.98. The Hall–Kier alpha value is -3.75. The summed E-state index contributed by atoms with van der Waals surface area (Å²) in [7, 11) is 0. The summed E-state index contributed by atoms with van der Waals surface area (Å²) >= 11 is 0. The summed E-state index contributed by atoms with van der Waals surface area (Å²) in [6.07, 6.45) is 1.42. The highest BCUT2D eigenvalue weighted by Crippen LogP contribution is 2.22. The van der Waals surface area contributed by atoms with Gasteiger partial charge in [0.1, 0.15) is 5.76 Å². The van der Waals surface area contributed by atoms with Gasteiger partial charge >= 0.3 is 5.97 Å². The minimum Gasteiger partial charge on any atom is -0.442 e. The third-order valence-corrected chi connectivity index (χ3v) is 3.36. The molecule has 132 valence electrons. The molecule has 0 aliphatic heterocycles. The van der Waals surface area contributed by atoms with Gasteiger partial charge in [0, 0.05) is 24.0 Å². The number of amides is 1. The van der Waals surface area contributed by atoms with Crippen molar-refractivity contribution in [1.29, 1.82) is 0 Å². The molecule has 3 aromatic rings. The van der Waals surface area contributed by atoms with Crippen LogP contribution < -0.4 is 11.1 Å². The Morgan fingerprint density at radius 1 is 1.19 bits per heavy atom. The number of carbonyl (C=O) groups is 2. The van der Waals surface area contributed by atoms with E-state index in [-0.39, 0.29) is 17.3 Å². The maximum absolute atomic E-state index is 12.6. The number of nitrogens with one attached hydrogen (secondary N) is 1. The largest absolute Gasteiger partial charge is 0.442 e. The Bertz CT molecular complexity index is 926. The van der Waals surface area contributed by atoms with Crippen molar-refractivity contribution in [3.05, 3.63) is 65.8 Å². The smallest absolute Gasteiger partial charge is 0.361 e. The SMILES string of the molecule is Cc1cc(NC(=O)[C@H](OC(=O)c2nccnc2N)c2ccccc2)no1. The van der Waals surface area contributed by atoms with Gasteiger partial charge in [-0.25, -0.2) is 14.8 Å². The second kappa shape index (κ2) is 7.43. The van der Waals surface area contributed by atoms with Crippen LogP contribution >= 0.6 is 0 Å². The monoisotopic (exact) mass is 353 g/mol. The summed E-state index contributed by atoms with van der Waals surface area (Å²) in [6, 6.07) is 10.1. The first-order valence-electron chi connectivity index (χ1n) is 7.61. The van der Waals surface area contributed by atoms with E-state index in [0.717, 1.165) is 0 Å². The van der Waals surface area contributed by atoms with Crippen LogP contribution in [0.5, 0.6) is 0 Å². The summed E-state index contributed by atoms with van der Waals surface area (Å²) in [4.78, 5) is 32.7. The first kappa shape index (κ1) is 17.1. The van der Waals surface area contributed by atoms with Gasteiger partial charge in [0.15, 0.2) is 17.3 Å². The molecule has 9 nitrogen and oxygen atoms in total. The predicted molar refractivity (Wildman–Crippen MR) is 90.9 cm³/mol. The molecule has 2 aromatic heterocycles. The molecule has 3 N–H and O–H groups in total. The molecular weight excluding hydrogens is 338 g/mol. The lowest BCUT2D eigenvalue weighted by molar-refractivity contribution is -0.125. The number of nitrogen functional groups attached to an aromatic ring is 1. The second-order valence-corrected chi connectivity index (χ2v) is 5.30. The number of hydrogen-bond donors (Lipinski definition) is 2. The molecule has 0 aliphatic rings. The lowest BCUT2D eigenvalue weighted by atomic mass is 10.1. The fourth-order valence-corrected chi connectivity index (χ4v) is 2.19. The van der Waals surface area contributed by atoms with Gasteiger partial charge in [-0.2, -0.15) is 0 Å². The molecule has 2 heterocycles. The zero-order valence-corrected chi connectivity index (χ0v) is 13.7. The molecule has 0 fully saturated rings. The van der Waals surface area contributed by atoms with Crippen molar-refractivity contribution in [2.24, 2.45) is 0 Å². The predicted octanol–water partition coefficient (Wildman–Crippen LogP) is 1.89. The van der Waals surface area contributed by atoms with Gasteiger partial charge in [-0.05, 0) is 6.92 Å². The Kier molecular flexibility index (Phi) is 4.88. The Labute approximate surface area is 148 Å². The van der Waals surface area contributed by atoms with Crippen LogP contribution in [0.2, 0.25) is 0 Å². The average molecular weight is 353 g/mol. The highest BCUT2D eigenvalue weighted by Gasteiger charge is 2.28. The molecule has 0 spiro atoms. The Morgan fingerprint density at radius 2 is 1.92 bits per heavy atom. The Balaban J connectivity index is 1.85. The quantitative estimate of drug-likeness (QED) is 0.664. The summed E-state index contributed by atoms with van der Waals surface area (Å²) < 4.78 is 10.3. The van der Waals surface area contributed by atoms with Gasteiger partial charge < -0.3 is 20.3 Å². The third-order valence-electron chi connectivity index (χ3n) is 3.36. The van der Waals surface area contributed by atoms with E-state index in [2.05, 4.69) is 20.4 Å². The van der Waals surface area contributed by atoms with Crippen LogP contribution in [0.4, 0.5) is 11.6 Å². The minimum absolute atomic E-state index is 0.0863.